The first-order valence-corrected chi connectivity index (χ1v) is 7.84. The molecule has 0 amide bonds. The van der Waals surface area contributed by atoms with E-state index >= 15 is 0 Å². The highest BCUT2D eigenvalue weighted by Gasteiger charge is 2.24. The van der Waals surface area contributed by atoms with Crippen LogP contribution in [0.15, 0.2) is 24.3 Å². The van der Waals surface area contributed by atoms with Crippen LogP contribution < -0.4 is 0 Å². The van der Waals surface area contributed by atoms with Gasteiger partial charge in [0.25, 0.3) is 0 Å². The molecular formula is C17H24O4. The number of hydrogen-bond donors (Lipinski definition) is 0. The highest BCUT2D eigenvalue weighted by Crippen LogP contribution is 2.21. The molecule has 3 atom stereocenters. The Morgan fingerprint density at radius 3 is 2.10 bits per heavy atom. The molecule has 0 saturated heterocycles. The fourth-order valence-electron chi connectivity index (χ4n) is 2.66. The van der Waals surface area contributed by atoms with Gasteiger partial charge in [-0.1, -0.05) is 24.3 Å². The van der Waals surface area contributed by atoms with E-state index in [1.165, 1.54) is 0 Å². The van der Waals surface area contributed by atoms with Crippen LogP contribution in [0.4, 0.5) is 0 Å². The average Bonchev–Trinajstić information content (AvgIpc) is 2.54. The zero-order chi connectivity index (χ0) is 15.1. The first-order valence-electron chi connectivity index (χ1n) is 7.84. The normalized spacial score (nSPS) is 26.1. The smallest absolute Gasteiger partial charge is 0.309 e. The minimum absolute atomic E-state index is 0.0404. The predicted molar refractivity (Wildman–Crippen MR) is 79.5 cm³/mol. The van der Waals surface area contributed by atoms with Gasteiger partial charge in [-0.2, -0.15) is 0 Å². The number of allylic oxidation sites excluding steroid dienone is 4. The van der Waals surface area contributed by atoms with Crippen LogP contribution in [0, 0.1) is 11.8 Å². The molecule has 0 fully saturated rings. The average molecular weight is 292 g/mol. The Bertz CT molecular complexity index is 425. The van der Waals surface area contributed by atoms with Crippen LogP contribution in [0.1, 0.15) is 45.4 Å². The van der Waals surface area contributed by atoms with Crippen LogP contribution in [-0.2, 0) is 19.1 Å². The van der Waals surface area contributed by atoms with Gasteiger partial charge in [0.1, 0.15) is 12.7 Å². The molecule has 21 heavy (non-hydrogen) atoms. The molecule has 0 spiro atoms. The van der Waals surface area contributed by atoms with Crippen LogP contribution in [-0.4, -0.2) is 24.6 Å². The molecule has 2 rings (SSSR count). The molecule has 4 heteroatoms. The number of hydrogen-bond acceptors (Lipinski definition) is 4. The standard InChI is InChI=1S/C17H24O4/c1-13(21-17(19)15-10-6-3-7-11-15)12-20-16(18)14-8-4-2-5-9-14/h2-4,6,13-15H,5,7-12H2,1H3. The van der Waals surface area contributed by atoms with Gasteiger partial charge >= 0.3 is 11.9 Å². The zero-order valence-electron chi connectivity index (χ0n) is 12.6. The van der Waals surface area contributed by atoms with Crippen molar-refractivity contribution in [3.05, 3.63) is 24.3 Å². The molecule has 2 aliphatic rings. The number of carbonyl (C=O) groups excluding carboxylic acids is 2. The van der Waals surface area contributed by atoms with Crippen molar-refractivity contribution in [2.75, 3.05) is 6.61 Å². The highest BCUT2D eigenvalue weighted by molar-refractivity contribution is 5.74. The second kappa shape index (κ2) is 8.01. The Hall–Kier alpha value is -1.58. The van der Waals surface area contributed by atoms with Crippen LogP contribution in [0.5, 0.6) is 0 Å². The molecule has 0 aliphatic heterocycles. The third-order valence-electron chi connectivity index (χ3n) is 3.98. The lowest BCUT2D eigenvalue weighted by Crippen LogP contribution is -2.28. The maximum absolute atomic E-state index is 11.9. The summed E-state index contributed by atoms with van der Waals surface area (Å²) in [7, 11) is 0. The number of rotatable bonds is 5. The SMILES string of the molecule is CC(COC(=O)C1CC=CCC1)OC(=O)C1CC=CCC1. The Labute approximate surface area is 126 Å². The highest BCUT2D eigenvalue weighted by atomic mass is 16.6. The fraction of sp³-hybridized carbons (Fsp3) is 0.647. The van der Waals surface area contributed by atoms with Crippen molar-refractivity contribution in [2.24, 2.45) is 11.8 Å². The Morgan fingerprint density at radius 1 is 1.00 bits per heavy atom. The van der Waals surface area contributed by atoms with Gasteiger partial charge < -0.3 is 9.47 Å². The molecule has 0 bridgehead atoms. The summed E-state index contributed by atoms with van der Waals surface area (Å²) >= 11 is 0. The van der Waals surface area contributed by atoms with Gasteiger partial charge in [0.05, 0.1) is 11.8 Å². The third kappa shape index (κ3) is 5.03. The van der Waals surface area contributed by atoms with Gasteiger partial charge in [-0.25, -0.2) is 0 Å². The predicted octanol–water partition coefficient (Wildman–Crippen LogP) is 3.17. The second-order valence-corrected chi connectivity index (χ2v) is 5.84. The van der Waals surface area contributed by atoms with Gasteiger partial charge in [0.15, 0.2) is 0 Å². The molecule has 0 N–H and O–H groups in total. The molecule has 0 radical (unpaired) electrons. The van der Waals surface area contributed by atoms with Gasteiger partial charge in [-0.05, 0) is 45.4 Å². The van der Waals surface area contributed by atoms with E-state index in [9.17, 15) is 9.59 Å². The topological polar surface area (TPSA) is 52.6 Å². The second-order valence-electron chi connectivity index (χ2n) is 5.84. The van der Waals surface area contributed by atoms with E-state index in [0.717, 1.165) is 38.5 Å². The van der Waals surface area contributed by atoms with Crippen molar-refractivity contribution in [1.82, 2.24) is 0 Å². The van der Waals surface area contributed by atoms with Crippen LogP contribution in [0.25, 0.3) is 0 Å². The van der Waals surface area contributed by atoms with Crippen molar-refractivity contribution in [3.63, 3.8) is 0 Å². The molecule has 0 saturated carbocycles. The lowest BCUT2D eigenvalue weighted by molar-refractivity contribution is -0.163. The monoisotopic (exact) mass is 292 g/mol. The molecule has 0 aromatic heterocycles. The Balaban J connectivity index is 1.67. The summed E-state index contributed by atoms with van der Waals surface area (Å²) in [5.74, 6) is -0.440. The lowest BCUT2D eigenvalue weighted by Gasteiger charge is -2.21. The summed E-state index contributed by atoms with van der Waals surface area (Å²) in [6, 6.07) is 0. The van der Waals surface area contributed by atoms with E-state index in [1.807, 2.05) is 12.2 Å². The summed E-state index contributed by atoms with van der Waals surface area (Å²) in [5, 5.41) is 0. The van der Waals surface area contributed by atoms with E-state index < -0.39 is 0 Å². The molecule has 0 aromatic carbocycles. The summed E-state index contributed by atoms with van der Waals surface area (Å²) in [4.78, 5) is 23.8. The lowest BCUT2D eigenvalue weighted by atomic mass is 9.94. The van der Waals surface area contributed by atoms with Gasteiger partial charge in [0.2, 0.25) is 0 Å². The summed E-state index contributed by atoms with van der Waals surface area (Å²) in [5.41, 5.74) is 0. The first-order chi connectivity index (χ1) is 10.2. The van der Waals surface area contributed by atoms with Gasteiger partial charge in [-0.15, -0.1) is 0 Å². The van der Waals surface area contributed by atoms with Crippen LogP contribution >= 0.6 is 0 Å². The van der Waals surface area contributed by atoms with Crippen molar-refractivity contribution in [3.8, 4) is 0 Å². The summed E-state index contributed by atoms with van der Waals surface area (Å²) < 4.78 is 10.6. The third-order valence-corrected chi connectivity index (χ3v) is 3.98. The Kier molecular flexibility index (Phi) is 6.03. The first kappa shape index (κ1) is 15.8. The summed E-state index contributed by atoms with van der Waals surface area (Å²) in [6.07, 6.45) is 12.9. The van der Waals surface area contributed by atoms with Crippen molar-refractivity contribution in [1.29, 1.82) is 0 Å². The van der Waals surface area contributed by atoms with E-state index in [1.54, 1.807) is 6.92 Å². The Morgan fingerprint density at radius 2 is 1.57 bits per heavy atom. The van der Waals surface area contributed by atoms with E-state index in [4.69, 9.17) is 9.47 Å². The van der Waals surface area contributed by atoms with Crippen LogP contribution in [0.2, 0.25) is 0 Å². The zero-order valence-corrected chi connectivity index (χ0v) is 12.6. The minimum atomic E-state index is -0.383. The van der Waals surface area contributed by atoms with Gasteiger partial charge in [-0.3, -0.25) is 9.59 Å². The minimum Gasteiger partial charge on any atom is -0.462 e. The molecule has 116 valence electrons. The van der Waals surface area contributed by atoms with Crippen molar-refractivity contribution < 1.29 is 19.1 Å². The molecule has 2 aliphatic carbocycles. The number of carbonyl (C=O) groups is 2. The number of esters is 2. The van der Waals surface area contributed by atoms with Gasteiger partial charge in [0, 0.05) is 0 Å². The summed E-state index contributed by atoms with van der Waals surface area (Å²) in [6.45, 7) is 1.91. The van der Waals surface area contributed by atoms with E-state index in [0.29, 0.717) is 0 Å². The quantitative estimate of drug-likeness (QED) is 0.577. The molecule has 3 unspecified atom stereocenters. The van der Waals surface area contributed by atoms with Crippen LogP contribution in [0.3, 0.4) is 0 Å². The van der Waals surface area contributed by atoms with E-state index in [-0.39, 0.29) is 36.5 Å². The van der Waals surface area contributed by atoms with Crippen molar-refractivity contribution >= 4 is 11.9 Å². The molecule has 0 heterocycles. The van der Waals surface area contributed by atoms with E-state index in [2.05, 4.69) is 12.2 Å². The largest absolute Gasteiger partial charge is 0.462 e. The molecular weight excluding hydrogens is 268 g/mol. The maximum atomic E-state index is 11.9. The van der Waals surface area contributed by atoms with Crippen molar-refractivity contribution in [2.45, 2.75) is 51.6 Å². The number of ether oxygens (including phenoxy) is 2. The fourth-order valence-corrected chi connectivity index (χ4v) is 2.66. The molecule has 0 aromatic rings. The molecule has 4 nitrogen and oxygen atoms in total. The maximum Gasteiger partial charge on any atom is 0.309 e.